The van der Waals surface area contributed by atoms with Gasteiger partial charge in [0.25, 0.3) is 5.91 Å². The Labute approximate surface area is 146 Å². The van der Waals surface area contributed by atoms with Crippen molar-refractivity contribution in [1.29, 1.82) is 0 Å². The second kappa shape index (κ2) is 6.86. The highest BCUT2D eigenvalue weighted by molar-refractivity contribution is 8.00. The van der Waals surface area contributed by atoms with E-state index in [1.807, 2.05) is 0 Å². The van der Waals surface area contributed by atoms with Crippen LogP contribution in [0.3, 0.4) is 0 Å². The Bertz CT molecular complexity index is 723. The predicted octanol–water partition coefficient (Wildman–Crippen LogP) is 0.932. The number of carboxylic acids is 1. The molecule has 0 bridgehead atoms. The number of carbonyl (C=O) groups is 3. The molecule has 0 aliphatic carbocycles. The number of fused-ring (bicyclic) bond motifs is 1. The van der Waals surface area contributed by atoms with E-state index in [0.717, 1.165) is 4.90 Å². The van der Waals surface area contributed by atoms with Crippen molar-refractivity contribution < 1.29 is 19.5 Å². The van der Waals surface area contributed by atoms with Gasteiger partial charge in [0.05, 0.1) is 5.75 Å². The highest BCUT2D eigenvalue weighted by Crippen LogP contribution is 2.40. The minimum Gasteiger partial charge on any atom is -0.477 e. The van der Waals surface area contributed by atoms with E-state index in [1.165, 1.54) is 28.4 Å². The Morgan fingerprint density at radius 1 is 1.46 bits per heavy atom. The smallest absolute Gasteiger partial charge is 0.352 e. The lowest BCUT2D eigenvalue weighted by molar-refractivity contribution is -0.150. The summed E-state index contributed by atoms with van der Waals surface area (Å²) in [5.41, 5.74) is 0.704. The van der Waals surface area contributed by atoms with E-state index in [-0.39, 0.29) is 28.6 Å². The molecule has 3 rings (SSSR count). The van der Waals surface area contributed by atoms with Crippen molar-refractivity contribution in [2.24, 2.45) is 0 Å². The van der Waals surface area contributed by atoms with E-state index in [1.54, 1.807) is 31.5 Å². The third-order valence-electron chi connectivity index (χ3n) is 3.70. The number of rotatable bonds is 5. The average Bonchev–Trinajstić information content (AvgIpc) is 2.58. The average molecular weight is 365 g/mol. The Hall–Kier alpha value is -2.00. The molecule has 0 saturated carbocycles. The normalized spacial score (nSPS) is 22.7. The van der Waals surface area contributed by atoms with Gasteiger partial charge in [-0.25, -0.2) is 4.79 Å². The zero-order valence-corrected chi connectivity index (χ0v) is 14.4. The summed E-state index contributed by atoms with van der Waals surface area (Å²) < 4.78 is 0. The Kier molecular flexibility index (Phi) is 4.81. The second-order valence-corrected chi connectivity index (χ2v) is 7.51. The molecule has 0 radical (unpaired) electrons. The molecule has 2 aliphatic rings. The zero-order valence-electron chi connectivity index (χ0n) is 12.8. The Morgan fingerprint density at radius 3 is 2.83 bits per heavy atom. The highest BCUT2D eigenvalue weighted by Gasteiger charge is 2.53. The first-order chi connectivity index (χ1) is 11.5. The quantitative estimate of drug-likeness (QED) is 0.591. The first kappa shape index (κ1) is 16.8. The van der Waals surface area contributed by atoms with E-state index >= 15 is 0 Å². The van der Waals surface area contributed by atoms with Crippen LogP contribution in [0.25, 0.3) is 0 Å². The lowest BCUT2D eigenvalue weighted by Gasteiger charge is -2.49. The third-order valence-corrected chi connectivity index (χ3v) is 6.13. The molecule has 24 heavy (non-hydrogen) atoms. The summed E-state index contributed by atoms with van der Waals surface area (Å²) in [6, 6.07) is 2.94. The number of amides is 2. The molecule has 0 unspecified atom stereocenters. The molecule has 2 N–H and O–H groups in total. The molecule has 2 aliphatic heterocycles. The minimum absolute atomic E-state index is 0.0420. The van der Waals surface area contributed by atoms with Crippen LogP contribution in [-0.2, 0) is 14.4 Å². The summed E-state index contributed by atoms with van der Waals surface area (Å²) in [5, 5.41) is 11.6. The summed E-state index contributed by atoms with van der Waals surface area (Å²) in [5.74, 6) is -1.01. The van der Waals surface area contributed by atoms with E-state index in [4.69, 9.17) is 0 Å². The van der Waals surface area contributed by atoms with Crippen molar-refractivity contribution in [2.75, 3.05) is 11.5 Å². The van der Waals surface area contributed by atoms with Gasteiger partial charge in [0.1, 0.15) is 17.1 Å². The molecule has 2 amide bonds. The molecule has 0 aromatic carbocycles. The molecule has 1 saturated heterocycles. The van der Waals surface area contributed by atoms with E-state index in [0.29, 0.717) is 11.3 Å². The standard InChI is InChI=1S/C15H15N3O4S2/c1-8-6-24-14-11(13(20)18(14)12(8)15(21)22)17-10(19)7-23-9-2-4-16-5-3-9/h2-5,11,14H,6-7H2,1H3,(H,17,19)(H,21,22)/t11-,14-/m1/s1. The molecule has 3 heterocycles. The van der Waals surface area contributed by atoms with Crippen molar-refractivity contribution in [3.63, 3.8) is 0 Å². The number of nitrogens with zero attached hydrogens (tertiary/aromatic N) is 2. The number of carbonyl (C=O) groups excluding carboxylic acids is 2. The lowest BCUT2D eigenvalue weighted by atomic mass is 10.0. The Balaban J connectivity index is 1.59. The first-order valence-corrected chi connectivity index (χ1v) is 9.22. The van der Waals surface area contributed by atoms with Crippen LogP contribution in [0.5, 0.6) is 0 Å². The topological polar surface area (TPSA) is 99.6 Å². The van der Waals surface area contributed by atoms with Crippen LogP contribution in [0.2, 0.25) is 0 Å². The highest BCUT2D eigenvalue weighted by atomic mass is 32.2. The summed E-state index contributed by atoms with van der Waals surface area (Å²) in [6.07, 6.45) is 3.29. The van der Waals surface area contributed by atoms with Crippen molar-refractivity contribution >= 4 is 41.3 Å². The number of carboxylic acid groups (broad SMARTS) is 1. The third kappa shape index (κ3) is 3.13. The van der Waals surface area contributed by atoms with Crippen molar-refractivity contribution in [1.82, 2.24) is 15.2 Å². The minimum atomic E-state index is -1.11. The van der Waals surface area contributed by atoms with Gasteiger partial charge in [0.2, 0.25) is 5.91 Å². The largest absolute Gasteiger partial charge is 0.477 e. The zero-order chi connectivity index (χ0) is 17.3. The molecule has 0 spiro atoms. The van der Waals surface area contributed by atoms with Crippen LogP contribution < -0.4 is 5.32 Å². The Morgan fingerprint density at radius 2 is 2.17 bits per heavy atom. The molecule has 1 aromatic rings. The van der Waals surface area contributed by atoms with E-state index < -0.39 is 12.0 Å². The molecule has 9 heteroatoms. The van der Waals surface area contributed by atoms with Gasteiger partial charge < -0.3 is 10.4 Å². The van der Waals surface area contributed by atoms with Crippen LogP contribution in [-0.4, -0.2) is 55.7 Å². The van der Waals surface area contributed by atoms with E-state index in [9.17, 15) is 19.5 Å². The molecule has 1 fully saturated rings. The van der Waals surface area contributed by atoms with Crippen LogP contribution in [0.4, 0.5) is 0 Å². The van der Waals surface area contributed by atoms with Crippen LogP contribution in [0, 0.1) is 0 Å². The maximum atomic E-state index is 12.3. The molecule has 1 aromatic heterocycles. The van der Waals surface area contributed by atoms with Gasteiger partial charge in [-0.2, -0.15) is 0 Å². The first-order valence-electron chi connectivity index (χ1n) is 7.19. The van der Waals surface area contributed by atoms with Crippen molar-refractivity contribution in [3.8, 4) is 0 Å². The number of β-lactam (4-membered cyclic amide) rings is 1. The van der Waals surface area contributed by atoms with Crippen LogP contribution >= 0.6 is 23.5 Å². The number of nitrogens with one attached hydrogen (secondary N) is 1. The van der Waals surface area contributed by atoms with Gasteiger partial charge in [-0.15, -0.1) is 23.5 Å². The SMILES string of the molecule is CC1=C(C(=O)O)N2C(=O)[C@@H](NC(=O)CSc3ccncc3)[C@H]2SC1. The molecule has 2 atom stereocenters. The molecule has 126 valence electrons. The van der Waals surface area contributed by atoms with E-state index in [2.05, 4.69) is 10.3 Å². The molecular weight excluding hydrogens is 350 g/mol. The fourth-order valence-electron chi connectivity index (χ4n) is 2.57. The predicted molar refractivity (Wildman–Crippen MR) is 90.3 cm³/mol. The lowest BCUT2D eigenvalue weighted by Crippen LogP contribution is -2.70. The maximum absolute atomic E-state index is 12.3. The number of aromatic nitrogens is 1. The number of hydrogen-bond donors (Lipinski definition) is 2. The summed E-state index contributed by atoms with van der Waals surface area (Å²) in [7, 11) is 0. The molecular formula is C15H15N3O4S2. The second-order valence-electron chi connectivity index (χ2n) is 5.36. The van der Waals surface area contributed by atoms with Crippen LogP contribution in [0.15, 0.2) is 40.7 Å². The van der Waals surface area contributed by atoms with Gasteiger partial charge in [-0.3, -0.25) is 19.5 Å². The molecule has 7 nitrogen and oxygen atoms in total. The van der Waals surface area contributed by atoms with Gasteiger partial charge in [-0.05, 0) is 24.6 Å². The fourth-order valence-corrected chi connectivity index (χ4v) is 4.56. The van der Waals surface area contributed by atoms with Crippen LogP contribution in [0.1, 0.15) is 6.92 Å². The van der Waals surface area contributed by atoms with Gasteiger partial charge in [0.15, 0.2) is 0 Å². The maximum Gasteiger partial charge on any atom is 0.352 e. The fraction of sp³-hybridized carbons (Fsp3) is 0.333. The summed E-state index contributed by atoms with van der Waals surface area (Å²) in [6.45, 7) is 1.71. The summed E-state index contributed by atoms with van der Waals surface area (Å²) in [4.78, 5) is 41.7. The van der Waals surface area contributed by atoms with Crippen molar-refractivity contribution in [3.05, 3.63) is 35.8 Å². The number of aliphatic carboxylic acids is 1. The monoisotopic (exact) mass is 365 g/mol. The summed E-state index contributed by atoms with van der Waals surface area (Å²) >= 11 is 2.82. The van der Waals surface area contributed by atoms with Gasteiger partial charge in [-0.1, -0.05) is 0 Å². The number of thioether (sulfide) groups is 2. The number of hydrogen-bond acceptors (Lipinski definition) is 6. The van der Waals surface area contributed by atoms with Crippen molar-refractivity contribution in [2.45, 2.75) is 23.2 Å². The van der Waals surface area contributed by atoms with Gasteiger partial charge >= 0.3 is 5.97 Å². The number of pyridine rings is 1. The van der Waals surface area contributed by atoms with Gasteiger partial charge in [0, 0.05) is 23.0 Å².